The molecule has 18 heavy (non-hydrogen) atoms. The Labute approximate surface area is 109 Å². The molecule has 0 bridgehead atoms. The van der Waals surface area contributed by atoms with E-state index in [4.69, 9.17) is 10.5 Å². The fourth-order valence-electron chi connectivity index (χ4n) is 1.65. The Hall–Kier alpha value is -2.01. The fraction of sp³-hybridized carbons (Fsp3) is 0.154. The van der Waals surface area contributed by atoms with Crippen molar-refractivity contribution in [1.82, 2.24) is 0 Å². The van der Waals surface area contributed by atoms with Crippen molar-refractivity contribution in [3.8, 4) is 0 Å². The molecule has 1 heterocycles. The van der Waals surface area contributed by atoms with Crippen LogP contribution in [-0.4, -0.2) is 13.1 Å². The normalized spacial score (nSPS) is 10.1. The molecule has 0 radical (unpaired) electrons. The van der Waals surface area contributed by atoms with Gasteiger partial charge in [0.1, 0.15) is 0 Å². The van der Waals surface area contributed by atoms with E-state index in [-0.39, 0.29) is 0 Å². The van der Waals surface area contributed by atoms with E-state index in [0.29, 0.717) is 11.3 Å². The summed E-state index contributed by atoms with van der Waals surface area (Å²) in [7, 11) is 1.34. The van der Waals surface area contributed by atoms with Gasteiger partial charge in [0.15, 0.2) is 0 Å². The highest BCUT2D eigenvalue weighted by atomic mass is 32.1. The molecule has 94 valence electrons. The Morgan fingerprint density at radius 2 is 2.17 bits per heavy atom. The van der Waals surface area contributed by atoms with Crippen LogP contribution in [0.3, 0.4) is 0 Å². The third-order valence-corrected chi connectivity index (χ3v) is 3.29. The van der Waals surface area contributed by atoms with Crippen LogP contribution in [0.1, 0.15) is 15.9 Å². The molecular weight excluding hydrogens is 248 g/mol. The van der Waals surface area contributed by atoms with Gasteiger partial charge in [0.2, 0.25) is 0 Å². The highest BCUT2D eigenvalue weighted by Gasteiger charge is 2.13. The number of aryl methyl sites for hydroxylation is 1. The first-order valence-electron chi connectivity index (χ1n) is 5.39. The molecule has 0 unspecified atom stereocenters. The van der Waals surface area contributed by atoms with Gasteiger partial charge in [0.05, 0.1) is 12.7 Å². The number of hydrogen-bond acceptors (Lipinski definition) is 5. The van der Waals surface area contributed by atoms with E-state index in [1.165, 1.54) is 7.11 Å². The summed E-state index contributed by atoms with van der Waals surface area (Å²) in [4.78, 5) is 11.6. The molecule has 0 aliphatic heterocycles. The van der Waals surface area contributed by atoms with E-state index >= 15 is 0 Å². The number of hydrogen-bond donors (Lipinski definition) is 2. The van der Waals surface area contributed by atoms with E-state index in [9.17, 15) is 4.79 Å². The van der Waals surface area contributed by atoms with Gasteiger partial charge in [0, 0.05) is 22.4 Å². The van der Waals surface area contributed by atoms with Crippen molar-refractivity contribution in [2.75, 3.05) is 18.2 Å². The Morgan fingerprint density at radius 3 is 2.78 bits per heavy atom. The number of nitrogens with two attached hydrogens (primary N) is 1. The van der Waals surface area contributed by atoms with Crippen LogP contribution in [0.25, 0.3) is 0 Å². The van der Waals surface area contributed by atoms with Crippen molar-refractivity contribution in [3.63, 3.8) is 0 Å². The monoisotopic (exact) mass is 262 g/mol. The predicted molar refractivity (Wildman–Crippen MR) is 74.5 cm³/mol. The van der Waals surface area contributed by atoms with Crippen molar-refractivity contribution < 1.29 is 9.53 Å². The number of carbonyl (C=O) groups excluding carboxylic acids is 1. The number of methoxy groups -OCH3 is 1. The molecular formula is C13H14N2O2S. The molecule has 0 aliphatic carbocycles. The first kappa shape index (κ1) is 12.4. The number of esters is 1. The lowest BCUT2D eigenvalue weighted by atomic mass is 10.1. The van der Waals surface area contributed by atoms with Crippen LogP contribution in [0.2, 0.25) is 0 Å². The number of thiophene rings is 1. The summed E-state index contributed by atoms with van der Waals surface area (Å²) >= 11 is 1.60. The molecule has 5 heteroatoms. The maximum Gasteiger partial charge on any atom is 0.340 e. The maximum atomic E-state index is 11.6. The molecule has 1 aromatic heterocycles. The van der Waals surface area contributed by atoms with Crippen molar-refractivity contribution in [3.05, 3.63) is 40.1 Å². The maximum absolute atomic E-state index is 11.6. The first-order chi connectivity index (χ1) is 8.61. The number of nitrogen functional groups attached to an aromatic ring is 1. The van der Waals surface area contributed by atoms with Gasteiger partial charge in [-0.1, -0.05) is 0 Å². The lowest BCUT2D eigenvalue weighted by Gasteiger charge is -2.11. The van der Waals surface area contributed by atoms with E-state index in [2.05, 4.69) is 5.32 Å². The summed E-state index contributed by atoms with van der Waals surface area (Å²) < 4.78 is 4.72. The number of anilines is 3. The molecule has 4 nitrogen and oxygen atoms in total. The van der Waals surface area contributed by atoms with Gasteiger partial charge < -0.3 is 15.8 Å². The van der Waals surface area contributed by atoms with Crippen LogP contribution in [0.15, 0.2) is 29.0 Å². The smallest absolute Gasteiger partial charge is 0.340 e. The Morgan fingerprint density at radius 1 is 1.39 bits per heavy atom. The fourth-order valence-corrected chi connectivity index (χ4v) is 2.24. The highest BCUT2D eigenvalue weighted by molar-refractivity contribution is 7.08. The van der Waals surface area contributed by atoms with Gasteiger partial charge in [0.25, 0.3) is 0 Å². The Bertz CT molecular complexity index is 565. The molecule has 0 saturated heterocycles. The second-order valence-corrected chi connectivity index (χ2v) is 4.66. The average Bonchev–Trinajstić information content (AvgIpc) is 2.85. The standard InChI is InChI=1S/C13H14N2O2S/c1-8-5-10(15-9-3-4-18-7-9)6-11(12(8)14)13(16)17-2/h3-7,15H,14H2,1-2H3. The second kappa shape index (κ2) is 5.10. The number of ether oxygens (including phenoxy) is 1. The average molecular weight is 262 g/mol. The first-order valence-corrected chi connectivity index (χ1v) is 6.33. The molecule has 1 aromatic carbocycles. The van der Waals surface area contributed by atoms with Crippen molar-refractivity contribution in [2.45, 2.75) is 6.92 Å². The molecule has 2 aromatic rings. The number of benzene rings is 1. The van der Waals surface area contributed by atoms with Crippen LogP contribution in [0, 0.1) is 6.92 Å². The minimum absolute atomic E-state index is 0.384. The molecule has 0 fully saturated rings. The van der Waals surface area contributed by atoms with Gasteiger partial charge in [-0.15, -0.1) is 0 Å². The lowest BCUT2D eigenvalue weighted by Crippen LogP contribution is -2.08. The van der Waals surface area contributed by atoms with E-state index in [1.54, 1.807) is 17.4 Å². The number of carbonyl (C=O) groups is 1. The molecule has 0 aliphatic rings. The van der Waals surface area contributed by atoms with Crippen LogP contribution in [0.4, 0.5) is 17.1 Å². The van der Waals surface area contributed by atoms with Gasteiger partial charge >= 0.3 is 5.97 Å². The summed E-state index contributed by atoms with van der Waals surface area (Å²) in [5.41, 5.74) is 9.36. The highest BCUT2D eigenvalue weighted by Crippen LogP contribution is 2.26. The third kappa shape index (κ3) is 2.46. The summed E-state index contributed by atoms with van der Waals surface area (Å²) in [6, 6.07) is 5.57. The minimum atomic E-state index is -0.426. The lowest BCUT2D eigenvalue weighted by molar-refractivity contribution is 0.0602. The summed E-state index contributed by atoms with van der Waals surface area (Å²) in [5, 5.41) is 7.19. The largest absolute Gasteiger partial charge is 0.465 e. The molecule has 3 N–H and O–H groups in total. The topological polar surface area (TPSA) is 64.3 Å². The molecule has 0 saturated carbocycles. The quantitative estimate of drug-likeness (QED) is 0.658. The van der Waals surface area contributed by atoms with Gasteiger partial charge in [-0.25, -0.2) is 4.79 Å². The zero-order valence-electron chi connectivity index (χ0n) is 10.2. The third-order valence-electron chi connectivity index (χ3n) is 2.60. The molecule has 2 rings (SSSR count). The van der Waals surface area contributed by atoms with Crippen molar-refractivity contribution in [2.24, 2.45) is 0 Å². The molecule has 0 spiro atoms. The minimum Gasteiger partial charge on any atom is -0.465 e. The summed E-state index contributed by atoms with van der Waals surface area (Å²) in [6.45, 7) is 1.86. The zero-order valence-corrected chi connectivity index (χ0v) is 11.0. The Kier molecular flexibility index (Phi) is 3.53. The van der Waals surface area contributed by atoms with Crippen LogP contribution in [-0.2, 0) is 4.74 Å². The molecule has 0 atom stereocenters. The van der Waals surface area contributed by atoms with Crippen molar-refractivity contribution in [1.29, 1.82) is 0 Å². The number of rotatable bonds is 3. The van der Waals surface area contributed by atoms with E-state index in [1.807, 2.05) is 29.8 Å². The van der Waals surface area contributed by atoms with Crippen LogP contribution in [0.5, 0.6) is 0 Å². The van der Waals surface area contributed by atoms with Gasteiger partial charge in [-0.2, -0.15) is 11.3 Å². The predicted octanol–water partition coefficient (Wildman–Crippen LogP) is 3.17. The summed E-state index contributed by atoms with van der Waals surface area (Å²) in [6.07, 6.45) is 0. The Balaban J connectivity index is 2.38. The zero-order chi connectivity index (χ0) is 13.1. The SMILES string of the molecule is COC(=O)c1cc(Nc2ccsc2)cc(C)c1N. The summed E-state index contributed by atoms with van der Waals surface area (Å²) in [5.74, 6) is -0.426. The van der Waals surface area contributed by atoms with Crippen LogP contribution >= 0.6 is 11.3 Å². The van der Waals surface area contributed by atoms with E-state index in [0.717, 1.165) is 16.9 Å². The van der Waals surface area contributed by atoms with Crippen LogP contribution < -0.4 is 11.1 Å². The molecule has 0 amide bonds. The second-order valence-electron chi connectivity index (χ2n) is 3.88. The van der Waals surface area contributed by atoms with E-state index < -0.39 is 5.97 Å². The van der Waals surface area contributed by atoms with Gasteiger partial charge in [-0.05, 0) is 36.1 Å². The van der Waals surface area contributed by atoms with Gasteiger partial charge in [-0.3, -0.25) is 0 Å². The number of nitrogens with one attached hydrogen (secondary N) is 1. The van der Waals surface area contributed by atoms with Crippen molar-refractivity contribution >= 4 is 34.4 Å².